The van der Waals surface area contributed by atoms with E-state index in [0.29, 0.717) is 0 Å². The number of phenols is 3. The molecule has 2 aromatic rings. The molecule has 0 saturated heterocycles. The summed E-state index contributed by atoms with van der Waals surface area (Å²) in [6.07, 6.45) is 2.40. The number of ketones is 1. The van der Waals surface area contributed by atoms with E-state index in [0.717, 1.165) is 18.3 Å². The van der Waals surface area contributed by atoms with E-state index >= 15 is 0 Å². The van der Waals surface area contributed by atoms with Crippen LogP contribution >= 0.6 is 0 Å². The van der Waals surface area contributed by atoms with Crippen LogP contribution in [0.25, 0.3) is 0 Å². The lowest BCUT2D eigenvalue weighted by molar-refractivity contribution is 0.103. The minimum absolute atomic E-state index is 0.0645. The van der Waals surface area contributed by atoms with E-state index in [9.17, 15) is 20.1 Å². The number of phenolic OH excluding ortho intramolecular Hbond substituents is 3. The van der Waals surface area contributed by atoms with Gasteiger partial charge in [-0.1, -0.05) is 0 Å². The van der Waals surface area contributed by atoms with Gasteiger partial charge in [-0.05, 0) is 18.2 Å². The first-order chi connectivity index (χ1) is 8.52. The SMILES string of the molecule is O=C(c1ccncc1O)c1ccc(O)c(O)c1O. The van der Waals surface area contributed by atoms with E-state index < -0.39 is 23.0 Å². The van der Waals surface area contributed by atoms with Crippen molar-refractivity contribution in [1.82, 2.24) is 4.98 Å². The number of hydrogen-bond donors (Lipinski definition) is 4. The molecule has 1 heterocycles. The zero-order valence-corrected chi connectivity index (χ0v) is 9.03. The summed E-state index contributed by atoms with van der Waals surface area (Å²) >= 11 is 0. The lowest BCUT2D eigenvalue weighted by Crippen LogP contribution is -2.02. The molecule has 6 nitrogen and oxygen atoms in total. The van der Waals surface area contributed by atoms with Crippen molar-refractivity contribution >= 4 is 5.78 Å². The highest BCUT2D eigenvalue weighted by molar-refractivity contribution is 6.12. The van der Waals surface area contributed by atoms with Crippen LogP contribution in [0.2, 0.25) is 0 Å². The summed E-state index contributed by atoms with van der Waals surface area (Å²) < 4.78 is 0. The summed E-state index contributed by atoms with van der Waals surface area (Å²) in [6.45, 7) is 0. The van der Waals surface area contributed by atoms with Crippen LogP contribution in [0.4, 0.5) is 0 Å². The molecule has 0 aliphatic heterocycles. The van der Waals surface area contributed by atoms with Crippen molar-refractivity contribution in [3.63, 3.8) is 0 Å². The highest BCUT2D eigenvalue weighted by Crippen LogP contribution is 2.38. The van der Waals surface area contributed by atoms with Crippen LogP contribution in [-0.4, -0.2) is 31.2 Å². The Morgan fingerprint density at radius 1 is 0.889 bits per heavy atom. The second kappa shape index (κ2) is 4.25. The minimum atomic E-state index is -0.783. The average Bonchev–Trinajstić information content (AvgIpc) is 2.36. The third-order valence-electron chi connectivity index (χ3n) is 2.42. The van der Waals surface area contributed by atoms with Crippen molar-refractivity contribution in [2.75, 3.05) is 0 Å². The van der Waals surface area contributed by atoms with Gasteiger partial charge in [0, 0.05) is 6.20 Å². The lowest BCUT2D eigenvalue weighted by atomic mass is 10.0. The van der Waals surface area contributed by atoms with Crippen molar-refractivity contribution in [2.45, 2.75) is 0 Å². The summed E-state index contributed by atoms with van der Waals surface area (Å²) in [4.78, 5) is 15.6. The third kappa shape index (κ3) is 1.80. The molecule has 18 heavy (non-hydrogen) atoms. The Labute approximate surface area is 101 Å². The summed E-state index contributed by atoms with van der Waals surface area (Å²) in [5.41, 5.74) is -0.294. The molecule has 0 spiro atoms. The molecule has 92 valence electrons. The topological polar surface area (TPSA) is 111 Å². The van der Waals surface area contributed by atoms with Gasteiger partial charge in [-0.3, -0.25) is 9.78 Å². The number of benzene rings is 1. The maximum atomic E-state index is 12.0. The first-order valence-electron chi connectivity index (χ1n) is 4.94. The minimum Gasteiger partial charge on any atom is -0.506 e. The number of hydrogen-bond acceptors (Lipinski definition) is 6. The van der Waals surface area contributed by atoms with Crippen molar-refractivity contribution in [3.8, 4) is 23.0 Å². The van der Waals surface area contributed by atoms with Gasteiger partial charge in [0.25, 0.3) is 0 Å². The quantitative estimate of drug-likeness (QED) is 0.467. The maximum Gasteiger partial charge on any atom is 0.201 e. The fraction of sp³-hybridized carbons (Fsp3) is 0. The monoisotopic (exact) mass is 247 g/mol. The van der Waals surface area contributed by atoms with Crippen LogP contribution in [0.1, 0.15) is 15.9 Å². The van der Waals surface area contributed by atoms with Crippen molar-refractivity contribution in [2.24, 2.45) is 0 Å². The summed E-state index contributed by atoms with van der Waals surface area (Å²) in [5.74, 6) is -3.09. The Hall–Kier alpha value is -2.76. The summed E-state index contributed by atoms with van der Waals surface area (Å²) in [6, 6.07) is 3.49. The molecule has 1 aromatic heterocycles. The number of rotatable bonds is 2. The van der Waals surface area contributed by atoms with E-state index in [2.05, 4.69) is 4.98 Å². The molecule has 0 amide bonds. The number of nitrogens with zero attached hydrogens (tertiary/aromatic N) is 1. The van der Waals surface area contributed by atoms with Crippen molar-refractivity contribution < 1.29 is 25.2 Å². The standard InChI is InChI=1S/C12H9NO5/c14-8-2-1-7(11(17)12(8)18)10(16)6-3-4-13-5-9(6)15/h1-5,14-15,17-18H. The number of carbonyl (C=O) groups excluding carboxylic acids is 1. The third-order valence-corrected chi connectivity index (χ3v) is 2.42. The largest absolute Gasteiger partial charge is 0.506 e. The molecule has 0 saturated carbocycles. The number of aromatic nitrogens is 1. The highest BCUT2D eigenvalue weighted by atomic mass is 16.3. The molecule has 0 aliphatic rings. The fourth-order valence-electron chi connectivity index (χ4n) is 1.48. The van der Waals surface area contributed by atoms with E-state index in [-0.39, 0.29) is 16.9 Å². The van der Waals surface area contributed by atoms with Gasteiger partial charge in [-0.25, -0.2) is 0 Å². The lowest BCUT2D eigenvalue weighted by Gasteiger charge is -2.07. The van der Waals surface area contributed by atoms with Crippen LogP contribution in [0, 0.1) is 0 Å². The van der Waals surface area contributed by atoms with Crippen LogP contribution in [0.15, 0.2) is 30.6 Å². The molecule has 4 N–H and O–H groups in total. The first kappa shape index (κ1) is 11.7. The summed E-state index contributed by atoms with van der Waals surface area (Å²) in [5, 5.41) is 37.5. The van der Waals surface area contributed by atoms with E-state index in [1.165, 1.54) is 12.3 Å². The molecule has 1 aromatic carbocycles. The zero-order valence-electron chi connectivity index (χ0n) is 9.03. The second-order valence-corrected chi connectivity index (χ2v) is 3.55. The highest BCUT2D eigenvalue weighted by Gasteiger charge is 2.20. The molecule has 0 radical (unpaired) electrons. The Bertz CT molecular complexity index is 624. The van der Waals surface area contributed by atoms with E-state index in [1.807, 2.05) is 0 Å². The van der Waals surface area contributed by atoms with Crippen molar-refractivity contribution in [3.05, 3.63) is 41.7 Å². The average molecular weight is 247 g/mol. The molecule has 0 atom stereocenters. The van der Waals surface area contributed by atoms with E-state index in [4.69, 9.17) is 5.11 Å². The summed E-state index contributed by atoms with van der Waals surface area (Å²) in [7, 11) is 0. The normalized spacial score (nSPS) is 10.2. The molecular weight excluding hydrogens is 238 g/mol. The molecule has 0 unspecified atom stereocenters. The Balaban J connectivity index is 2.54. The predicted octanol–water partition coefficient (Wildman–Crippen LogP) is 1.13. The van der Waals surface area contributed by atoms with Gasteiger partial charge in [-0.15, -0.1) is 0 Å². The zero-order chi connectivity index (χ0) is 13.3. The van der Waals surface area contributed by atoms with Gasteiger partial charge < -0.3 is 20.4 Å². The van der Waals surface area contributed by atoms with Crippen molar-refractivity contribution in [1.29, 1.82) is 0 Å². The molecular formula is C12H9NO5. The molecule has 6 heteroatoms. The Morgan fingerprint density at radius 3 is 2.28 bits per heavy atom. The molecule has 0 bridgehead atoms. The molecule has 2 rings (SSSR count). The second-order valence-electron chi connectivity index (χ2n) is 3.55. The van der Waals surface area contributed by atoms with Crippen LogP contribution in [0.5, 0.6) is 23.0 Å². The van der Waals surface area contributed by atoms with Gasteiger partial charge in [-0.2, -0.15) is 0 Å². The number of pyridine rings is 1. The van der Waals surface area contributed by atoms with Gasteiger partial charge in [0.05, 0.1) is 17.3 Å². The first-order valence-corrected chi connectivity index (χ1v) is 4.94. The van der Waals surface area contributed by atoms with Gasteiger partial charge >= 0.3 is 0 Å². The van der Waals surface area contributed by atoms with Gasteiger partial charge in [0.15, 0.2) is 11.5 Å². The smallest absolute Gasteiger partial charge is 0.201 e. The number of aromatic hydroxyl groups is 4. The number of carbonyl (C=O) groups is 1. The van der Waals surface area contributed by atoms with Gasteiger partial charge in [0.2, 0.25) is 11.5 Å². The van der Waals surface area contributed by atoms with E-state index in [1.54, 1.807) is 0 Å². The van der Waals surface area contributed by atoms with Crippen LogP contribution < -0.4 is 0 Å². The maximum absolute atomic E-state index is 12.0. The molecule has 0 fully saturated rings. The van der Waals surface area contributed by atoms with Gasteiger partial charge in [0.1, 0.15) is 5.75 Å². The fourth-order valence-corrected chi connectivity index (χ4v) is 1.48. The predicted molar refractivity (Wildman–Crippen MR) is 60.8 cm³/mol. The Morgan fingerprint density at radius 2 is 1.61 bits per heavy atom. The van der Waals surface area contributed by atoms with Crippen LogP contribution in [0.3, 0.4) is 0 Å². The Kier molecular flexibility index (Phi) is 2.77. The molecule has 0 aliphatic carbocycles. The van der Waals surface area contributed by atoms with Crippen LogP contribution in [-0.2, 0) is 0 Å².